The summed E-state index contributed by atoms with van der Waals surface area (Å²) in [6.07, 6.45) is 0. The summed E-state index contributed by atoms with van der Waals surface area (Å²) in [7, 11) is 0. The highest BCUT2D eigenvalue weighted by Gasteiger charge is 2.29. The molecule has 0 fully saturated rings. The van der Waals surface area contributed by atoms with E-state index < -0.39 is 0 Å². The molecule has 306 valence electrons. The van der Waals surface area contributed by atoms with Crippen LogP contribution in [0.1, 0.15) is 0 Å². The molecule has 0 saturated carbocycles. The Bertz CT molecular complexity index is 4310. The highest BCUT2D eigenvalue weighted by Crippen LogP contribution is 2.52. The van der Waals surface area contributed by atoms with E-state index >= 15 is 0 Å². The molecular weight excluding hydrogens is 803 g/mol. The van der Waals surface area contributed by atoms with E-state index in [1.54, 1.807) is 0 Å². The first-order valence-corrected chi connectivity index (χ1v) is 22.6. The van der Waals surface area contributed by atoms with Gasteiger partial charge in [0.15, 0.2) is 0 Å². The lowest BCUT2D eigenvalue weighted by Gasteiger charge is -2.27. The van der Waals surface area contributed by atoms with Gasteiger partial charge in [0.2, 0.25) is 0 Å². The number of rotatable bonds is 6. The van der Waals surface area contributed by atoms with Gasteiger partial charge in [-0.15, -0.1) is 0 Å². The summed E-state index contributed by atoms with van der Waals surface area (Å²) >= 11 is 0. The minimum atomic E-state index is 0.959. The Morgan fingerprint density at radius 3 is 1.35 bits per heavy atom. The molecule has 0 spiro atoms. The van der Waals surface area contributed by atoms with Crippen LogP contribution >= 0.6 is 0 Å². The molecule has 0 aliphatic rings. The number of fused-ring (bicyclic) bond motifs is 16. The van der Waals surface area contributed by atoms with Crippen LogP contribution in [-0.2, 0) is 0 Å². The molecule has 5 aromatic heterocycles. The van der Waals surface area contributed by atoms with Crippen LogP contribution in [0.5, 0.6) is 0 Å². The third-order valence-corrected chi connectivity index (χ3v) is 14.0. The van der Waals surface area contributed by atoms with Crippen molar-refractivity contribution in [3.8, 4) is 0 Å². The number of pyridine rings is 1. The lowest BCUT2D eigenvalue weighted by Crippen LogP contribution is -2.11. The smallest absolute Gasteiger partial charge is 0.146 e. The highest BCUT2D eigenvalue weighted by atomic mass is 15.2. The normalized spacial score (nSPS) is 12.2. The first-order valence-electron chi connectivity index (χ1n) is 22.6. The molecule has 0 unspecified atom stereocenters. The van der Waals surface area contributed by atoms with Gasteiger partial charge in [0.05, 0.1) is 44.5 Å². The van der Waals surface area contributed by atoms with Gasteiger partial charge in [-0.05, 0) is 94.3 Å². The maximum atomic E-state index is 5.93. The molecule has 10 aromatic carbocycles. The SMILES string of the molecule is c1ccc(N(c2ccccc2)c2cc3ccccc3c3c4c5ccccc5cc5c6nc7c(cc6n(c23)c54)c2cccc3c4cccc(N(c5ccccc5)c5ccccc5)c4n7c23)cc1. The van der Waals surface area contributed by atoms with E-state index in [-0.39, 0.29) is 0 Å². The van der Waals surface area contributed by atoms with Gasteiger partial charge < -0.3 is 14.2 Å². The Morgan fingerprint density at radius 1 is 0.303 bits per heavy atom. The number of nitrogens with zero attached hydrogens (tertiary/aromatic N) is 5. The zero-order chi connectivity index (χ0) is 43.0. The van der Waals surface area contributed by atoms with Crippen LogP contribution in [0.25, 0.3) is 98.0 Å². The lowest BCUT2D eigenvalue weighted by molar-refractivity contribution is 1.25. The van der Waals surface area contributed by atoms with E-state index in [9.17, 15) is 0 Å². The number of hydrogen-bond donors (Lipinski definition) is 0. The first-order chi connectivity index (χ1) is 32.8. The van der Waals surface area contributed by atoms with Gasteiger partial charge in [0.1, 0.15) is 5.65 Å². The summed E-state index contributed by atoms with van der Waals surface area (Å²) in [6, 6.07) is 81.6. The molecule has 15 aromatic rings. The predicted octanol–water partition coefficient (Wildman–Crippen LogP) is 16.6. The van der Waals surface area contributed by atoms with Crippen LogP contribution in [-0.4, -0.2) is 13.8 Å². The fraction of sp³-hybridized carbons (Fsp3) is 0. The van der Waals surface area contributed by atoms with Gasteiger partial charge in [-0.25, -0.2) is 4.98 Å². The summed E-state index contributed by atoms with van der Waals surface area (Å²) in [4.78, 5) is 10.8. The molecule has 0 aliphatic carbocycles. The zero-order valence-corrected chi connectivity index (χ0v) is 35.6. The average Bonchev–Trinajstić information content (AvgIpc) is 4.11. The van der Waals surface area contributed by atoms with Crippen molar-refractivity contribution in [2.24, 2.45) is 0 Å². The molecule has 15 rings (SSSR count). The van der Waals surface area contributed by atoms with Gasteiger partial charge in [-0.1, -0.05) is 152 Å². The third kappa shape index (κ3) is 4.70. The molecule has 0 N–H and O–H groups in total. The van der Waals surface area contributed by atoms with Crippen molar-refractivity contribution in [2.75, 3.05) is 9.80 Å². The molecule has 0 saturated heterocycles. The summed E-state index contributed by atoms with van der Waals surface area (Å²) in [6.45, 7) is 0. The second-order valence-electron chi connectivity index (χ2n) is 17.5. The molecule has 0 amide bonds. The molecule has 66 heavy (non-hydrogen) atoms. The van der Waals surface area contributed by atoms with Crippen LogP contribution in [0, 0.1) is 0 Å². The Balaban J connectivity index is 1.14. The number of para-hydroxylation sites is 6. The monoisotopic (exact) mass is 839 g/mol. The number of hydrogen-bond acceptors (Lipinski definition) is 3. The second kappa shape index (κ2) is 13.3. The van der Waals surface area contributed by atoms with Crippen LogP contribution in [0.3, 0.4) is 0 Å². The summed E-state index contributed by atoms with van der Waals surface area (Å²) < 4.78 is 5.01. The molecule has 5 nitrogen and oxygen atoms in total. The Labute approximate surface area is 378 Å². The van der Waals surface area contributed by atoms with Gasteiger partial charge in [0, 0.05) is 60.5 Å². The fourth-order valence-corrected chi connectivity index (χ4v) is 11.4. The predicted molar refractivity (Wildman–Crippen MR) is 278 cm³/mol. The Morgan fingerprint density at radius 2 is 0.758 bits per heavy atom. The van der Waals surface area contributed by atoms with E-state index in [0.29, 0.717) is 0 Å². The van der Waals surface area contributed by atoms with Crippen LogP contribution in [0.2, 0.25) is 0 Å². The first kappa shape index (κ1) is 35.5. The Hall–Kier alpha value is -8.93. The molecular formula is C61H37N5. The third-order valence-electron chi connectivity index (χ3n) is 14.0. The highest BCUT2D eigenvalue weighted by molar-refractivity contribution is 6.37. The zero-order valence-electron chi connectivity index (χ0n) is 35.6. The second-order valence-corrected chi connectivity index (χ2v) is 17.5. The molecule has 0 radical (unpaired) electrons. The summed E-state index contributed by atoms with van der Waals surface area (Å²) in [5.41, 5.74) is 14.4. The van der Waals surface area contributed by atoms with Gasteiger partial charge >= 0.3 is 0 Å². The van der Waals surface area contributed by atoms with Crippen molar-refractivity contribution in [1.29, 1.82) is 0 Å². The fourth-order valence-electron chi connectivity index (χ4n) is 11.4. The number of aromatic nitrogens is 3. The molecule has 5 heterocycles. The van der Waals surface area contributed by atoms with Crippen molar-refractivity contribution < 1.29 is 0 Å². The van der Waals surface area contributed by atoms with E-state index in [0.717, 1.165) is 67.1 Å². The van der Waals surface area contributed by atoms with Crippen LogP contribution < -0.4 is 9.80 Å². The van der Waals surface area contributed by atoms with Crippen molar-refractivity contribution in [1.82, 2.24) is 13.8 Å². The van der Waals surface area contributed by atoms with E-state index in [1.807, 2.05) is 0 Å². The number of benzene rings is 10. The topological polar surface area (TPSA) is 28.2 Å². The molecule has 0 atom stereocenters. The maximum Gasteiger partial charge on any atom is 0.146 e. The standard InChI is InChI=1S/C61H37N5/c1-5-21-40(22-6-1)63(41-23-7-2-8-24-41)51-34-18-33-47-46-31-17-32-48-49-37-52-56(62-61(49)66(57(46)48)58(47)51)50-35-38-19-13-15-29-44(38)54-55-45-30-16-14-20-39(45)36-53(60(55)65(52)59(50)54)64(42-25-9-3-10-26-42)43-27-11-4-12-28-43/h1-37H. The van der Waals surface area contributed by atoms with Gasteiger partial charge in [-0.3, -0.25) is 4.40 Å². The maximum absolute atomic E-state index is 5.93. The van der Waals surface area contributed by atoms with Crippen LogP contribution in [0.15, 0.2) is 224 Å². The number of anilines is 6. The van der Waals surface area contributed by atoms with Crippen molar-refractivity contribution in [2.45, 2.75) is 0 Å². The summed E-state index contributed by atoms with van der Waals surface area (Å²) in [5, 5.41) is 13.3. The molecule has 0 bridgehead atoms. The van der Waals surface area contributed by atoms with Gasteiger partial charge in [-0.2, -0.15) is 0 Å². The molecule has 5 heteroatoms. The van der Waals surface area contributed by atoms with Gasteiger partial charge in [0.25, 0.3) is 0 Å². The van der Waals surface area contributed by atoms with Crippen molar-refractivity contribution >= 4 is 132 Å². The molecule has 0 aliphatic heterocycles. The van der Waals surface area contributed by atoms with Crippen molar-refractivity contribution in [3.05, 3.63) is 224 Å². The van der Waals surface area contributed by atoms with E-state index in [2.05, 4.69) is 243 Å². The minimum Gasteiger partial charge on any atom is -0.308 e. The Kier molecular flexibility index (Phi) is 7.16. The minimum absolute atomic E-state index is 0.959. The largest absolute Gasteiger partial charge is 0.308 e. The van der Waals surface area contributed by atoms with E-state index in [4.69, 9.17) is 4.98 Å². The lowest BCUT2D eigenvalue weighted by atomic mass is 9.97. The van der Waals surface area contributed by atoms with E-state index in [1.165, 1.54) is 65.0 Å². The quantitative estimate of drug-likeness (QED) is 0.167. The van der Waals surface area contributed by atoms with Crippen molar-refractivity contribution in [3.63, 3.8) is 0 Å². The summed E-state index contributed by atoms with van der Waals surface area (Å²) in [5.74, 6) is 0. The van der Waals surface area contributed by atoms with Crippen LogP contribution in [0.4, 0.5) is 34.1 Å². The average molecular weight is 840 g/mol.